The van der Waals surface area contributed by atoms with E-state index in [1.807, 2.05) is 19.9 Å². The molecular formula is C17H14N2O4. The van der Waals surface area contributed by atoms with Gasteiger partial charge in [-0.1, -0.05) is 6.07 Å². The second kappa shape index (κ2) is 5.57. The van der Waals surface area contributed by atoms with Gasteiger partial charge in [-0.2, -0.15) is 0 Å². The van der Waals surface area contributed by atoms with Crippen LogP contribution in [0.25, 0.3) is 6.08 Å². The Bertz CT molecular complexity index is 814. The smallest absolute Gasteiger partial charge is 0.335 e. The number of imide groups is 2. The lowest BCUT2D eigenvalue weighted by Crippen LogP contribution is -2.54. The number of rotatable bonds is 2. The van der Waals surface area contributed by atoms with E-state index in [0.717, 1.165) is 16.0 Å². The number of carbonyl (C=O) groups is 3. The third kappa shape index (κ3) is 2.78. The van der Waals surface area contributed by atoms with Gasteiger partial charge < -0.3 is 4.42 Å². The fourth-order valence-corrected chi connectivity index (χ4v) is 2.49. The average molecular weight is 310 g/mol. The van der Waals surface area contributed by atoms with Gasteiger partial charge in [-0.15, -0.1) is 0 Å². The molecule has 0 unspecified atom stereocenters. The van der Waals surface area contributed by atoms with Crippen molar-refractivity contribution in [1.82, 2.24) is 5.32 Å². The Morgan fingerprint density at radius 1 is 1.09 bits per heavy atom. The van der Waals surface area contributed by atoms with Crippen molar-refractivity contribution in [1.29, 1.82) is 0 Å². The molecule has 23 heavy (non-hydrogen) atoms. The molecule has 6 nitrogen and oxygen atoms in total. The van der Waals surface area contributed by atoms with Crippen molar-refractivity contribution in [3.8, 4) is 0 Å². The molecule has 116 valence electrons. The van der Waals surface area contributed by atoms with E-state index in [1.165, 1.54) is 12.3 Å². The molecule has 2 heterocycles. The van der Waals surface area contributed by atoms with Crippen LogP contribution in [0.2, 0.25) is 0 Å². The lowest BCUT2D eigenvalue weighted by Gasteiger charge is -2.26. The zero-order valence-electron chi connectivity index (χ0n) is 12.6. The predicted molar refractivity (Wildman–Crippen MR) is 83.6 cm³/mol. The summed E-state index contributed by atoms with van der Waals surface area (Å²) in [6.45, 7) is 3.74. The summed E-state index contributed by atoms with van der Waals surface area (Å²) in [5.41, 5.74) is 2.09. The molecule has 6 heteroatoms. The lowest BCUT2D eigenvalue weighted by atomic mass is 10.1. The number of amides is 4. The zero-order valence-corrected chi connectivity index (χ0v) is 12.6. The van der Waals surface area contributed by atoms with E-state index < -0.39 is 17.8 Å². The van der Waals surface area contributed by atoms with Gasteiger partial charge in [0.2, 0.25) is 0 Å². The van der Waals surface area contributed by atoms with E-state index in [2.05, 4.69) is 5.32 Å². The van der Waals surface area contributed by atoms with E-state index in [4.69, 9.17) is 4.42 Å². The SMILES string of the molecule is Cc1cc(C)cc(N2C(=O)NC(=O)/C(=C\c3ccco3)C2=O)c1. The van der Waals surface area contributed by atoms with Crippen LogP contribution in [0, 0.1) is 13.8 Å². The van der Waals surface area contributed by atoms with Crippen molar-refractivity contribution in [3.63, 3.8) is 0 Å². The summed E-state index contributed by atoms with van der Waals surface area (Å²) >= 11 is 0. The number of furan rings is 1. The number of hydrogen-bond acceptors (Lipinski definition) is 4. The highest BCUT2D eigenvalue weighted by Gasteiger charge is 2.37. The van der Waals surface area contributed by atoms with Crippen LogP contribution in [0.1, 0.15) is 16.9 Å². The summed E-state index contributed by atoms with van der Waals surface area (Å²) in [5.74, 6) is -1.06. The number of hydrogen-bond donors (Lipinski definition) is 1. The van der Waals surface area contributed by atoms with Crippen molar-refractivity contribution in [2.24, 2.45) is 0 Å². The van der Waals surface area contributed by atoms with Gasteiger partial charge in [0.25, 0.3) is 11.8 Å². The van der Waals surface area contributed by atoms with Crippen LogP contribution in [-0.4, -0.2) is 17.8 Å². The lowest BCUT2D eigenvalue weighted by molar-refractivity contribution is -0.122. The molecule has 0 aliphatic carbocycles. The molecule has 1 aliphatic heterocycles. The molecule has 1 aliphatic rings. The summed E-state index contributed by atoms with van der Waals surface area (Å²) in [7, 11) is 0. The van der Waals surface area contributed by atoms with Gasteiger partial charge in [0.15, 0.2) is 0 Å². The number of nitrogens with one attached hydrogen (secondary N) is 1. The minimum Gasteiger partial charge on any atom is -0.465 e. The Morgan fingerprint density at radius 2 is 1.78 bits per heavy atom. The zero-order chi connectivity index (χ0) is 16.6. The maximum absolute atomic E-state index is 12.6. The van der Waals surface area contributed by atoms with E-state index in [9.17, 15) is 14.4 Å². The second-order valence-electron chi connectivity index (χ2n) is 5.32. The summed E-state index contributed by atoms with van der Waals surface area (Å²) in [5, 5.41) is 2.18. The molecule has 4 amide bonds. The maximum atomic E-state index is 12.6. The van der Waals surface area contributed by atoms with Gasteiger partial charge in [-0.05, 0) is 55.3 Å². The van der Waals surface area contributed by atoms with Crippen LogP contribution in [-0.2, 0) is 9.59 Å². The molecule has 1 saturated heterocycles. The first-order valence-corrected chi connectivity index (χ1v) is 6.99. The minimum absolute atomic E-state index is 0.154. The third-order valence-electron chi connectivity index (χ3n) is 3.40. The molecule has 1 N–H and O–H groups in total. The Labute approximate surface area is 132 Å². The molecule has 0 radical (unpaired) electrons. The van der Waals surface area contributed by atoms with Crippen molar-refractivity contribution in [2.75, 3.05) is 4.90 Å². The third-order valence-corrected chi connectivity index (χ3v) is 3.40. The quantitative estimate of drug-likeness (QED) is 0.683. The first kappa shape index (κ1) is 14.8. The molecule has 2 aromatic rings. The summed E-state index contributed by atoms with van der Waals surface area (Å²) in [4.78, 5) is 37.7. The van der Waals surface area contributed by atoms with Crippen LogP contribution in [0.4, 0.5) is 10.5 Å². The molecule has 0 saturated carbocycles. The number of carbonyl (C=O) groups excluding carboxylic acids is 3. The Kier molecular flexibility index (Phi) is 3.57. The molecule has 1 fully saturated rings. The highest BCUT2D eigenvalue weighted by Crippen LogP contribution is 2.24. The first-order valence-electron chi connectivity index (χ1n) is 6.99. The minimum atomic E-state index is -0.762. The molecule has 1 aromatic carbocycles. The van der Waals surface area contributed by atoms with Crippen LogP contribution < -0.4 is 10.2 Å². The number of barbiturate groups is 1. The van der Waals surface area contributed by atoms with E-state index >= 15 is 0 Å². The standard InChI is InChI=1S/C17H14N2O4/c1-10-6-11(2)8-12(7-10)19-16(21)14(15(20)18-17(19)22)9-13-4-3-5-23-13/h3-9H,1-2H3,(H,18,20,22)/b14-9+. The number of urea groups is 1. The number of aryl methyl sites for hydroxylation is 2. The van der Waals surface area contributed by atoms with Gasteiger partial charge >= 0.3 is 6.03 Å². The predicted octanol–water partition coefficient (Wildman–Crippen LogP) is 2.56. The topological polar surface area (TPSA) is 79.6 Å². The van der Waals surface area contributed by atoms with Gasteiger partial charge in [0.05, 0.1) is 12.0 Å². The summed E-state index contributed by atoms with van der Waals surface area (Å²) in [6, 6.07) is 7.85. The Hall–Kier alpha value is -3.15. The molecular weight excluding hydrogens is 296 g/mol. The number of benzene rings is 1. The molecule has 0 bridgehead atoms. The molecule has 3 rings (SSSR count). The fraction of sp³-hybridized carbons (Fsp3) is 0.118. The van der Waals surface area contributed by atoms with Gasteiger partial charge in [-0.3, -0.25) is 14.9 Å². The number of nitrogens with zero attached hydrogens (tertiary/aromatic N) is 1. The summed E-state index contributed by atoms with van der Waals surface area (Å²) < 4.78 is 5.13. The average Bonchev–Trinajstić information content (AvgIpc) is 2.95. The van der Waals surface area contributed by atoms with Crippen molar-refractivity contribution in [2.45, 2.75) is 13.8 Å². The molecule has 1 aromatic heterocycles. The highest BCUT2D eigenvalue weighted by atomic mass is 16.3. The molecule has 0 atom stereocenters. The van der Waals surface area contributed by atoms with E-state index in [-0.39, 0.29) is 5.57 Å². The van der Waals surface area contributed by atoms with Crippen LogP contribution in [0.15, 0.2) is 46.6 Å². The first-order chi connectivity index (χ1) is 11.0. The van der Waals surface area contributed by atoms with Crippen LogP contribution in [0.5, 0.6) is 0 Å². The van der Waals surface area contributed by atoms with Crippen molar-refractivity contribution < 1.29 is 18.8 Å². The maximum Gasteiger partial charge on any atom is 0.335 e. The van der Waals surface area contributed by atoms with E-state index in [0.29, 0.717) is 11.4 Å². The van der Waals surface area contributed by atoms with Crippen LogP contribution >= 0.6 is 0 Å². The van der Waals surface area contributed by atoms with E-state index in [1.54, 1.807) is 24.3 Å². The molecule has 0 spiro atoms. The van der Waals surface area contributed by atoms with Gasteiger partial charge in [0.1, 0.15) is 11.3 Å². The second-order valence-corrected chi connectivity index (χ2v) is 5.32. The monoisotopic (exact) mass is 310 g/mol. The highest BCUT2D eigenvalue weighted by molar-refractivity contribution is 6.39. The Balaban J connectivity index is 2.05. The van der Waals surface area contributed by atoms with Crippen molar-refractivity contribution in [3.05, 3.63) is 59.1 Å². The van der Waals surface area contributed by atoms with Crippen LogP contribution in [0.3, 0.4) is 0 Å². The summed E-state index contributed by atoms with van der Waals surface area (Å²) in [6.07, 6.45) is 2.75. The van der Waals surface area contributed by atoms with Crippen molar-refractivity contribution >= 4 is 29.6 Å². The Morgan fingerprint density at radius 3 is 2.39 bits per heavy atom. The van der Waals surface area contributed by atoms with Gasteiger partial charge in [-0.25, -0.2) is 9.69 Å². The van der Waals surface area contributed by atoms with Gasteiger partial charge in [0, 0.05) is 0 Å². The normalized spacial score (nSPS) is 16.9. The largest absolute Gasteiger partial charge is 0.465 e. The number of anilines is 1. The fourth-order valence-electron chi connectivity index (χ4n) is 2.49.